The Kier molecular flexibility index (Phi) is 3.30. The zero-order valence-corrected chi connectivity index (χ0v) is 9.35. The van der Waals surface area contributed by atoms with Crippen LogP contribution in [-0.4, -0.2) is 9.97 Å². The fraction of sp³-hybridized carbons (Fsp3) is 0.167. The highest BCUT2D eigenvalue weighted by molar-refractivity contribution is 5.32. The predicted molar refractivity (Wildman–Crippen MR) is 61.1 cm³/mol. The van der Waals surface area contributed by atoms with Crippen LogP contribution in [0.3, 0.4) is 0 Å². The standard InChI is InChI=1S/C12H12FN3O/c1-8-2-3-9(6-10(8)13)17-12-11(7-14)15-4-5-16-12/h2-6H,7,14H2,1H3. The second-order valence-corrected chi connectivity index (χ2v) is 3.53. The molecule has 0 saturated heterocycles. The topological polar surface area (TPSA) is 61.0 Å². The molecule has 17 heavy (non-hydrogen) atoms. The molecule has 5 heteroatoms. The lowest BCUT2D eigenvalue weighted by Gasteiger charge is -2.08. The van der Waals surface area contributed by atoms with E-state index in [0.717, 1.165) is 0 Å². The zero-order valence-electron chi connectivity index (χ0n) is 9.35. The minimum atomic E-state index is -0.319. The zero-order chi connectivity index (χ0) is 12.3. The van der Waals surface area contributed by atoms with Gasteiger partial charge in [-0.25, -0.2) is 9.37 Å². The van der Waals surface area contributed by atoms with Crippen molar-refractivity contribution in [1.29, 1.82) is 0 Å². The van der Waals surface area contributed by atoms with E-state index >= 15 is 0 Å². The molecule has 1 aromatic carbocycles. The van der Waals surface area contributed by atoms with Gasteiger partial charge in [0.15, 0.2) is 0 Å². The highest BCUT2D eigenvalue weighted by atomic mass is 19.1. The van der Waals surface area contributed by atoms with Crippen LogP contribution in [0.4, 0.5) is 4.39 Å². The smallest absolute Gasteiger partial charge is 0.242 e. The Bertz CT molecular complexity index is 531. The summed E-state index contributed by atoms with van der Waals surface area (Å²) in [5.41, 5.74) is 6.60. The molecule has 0 aliphatic rings. The summed E-state index contributed by atoms with van der Waals surface area (Å²) in [5, 5.41) is 0. The van der Waals surface area contributed by atoms with Gasteiger partial charge in [0.1, 0.15) is 17.3 Å². The van der Waals surface area contributed by atoms with Crippen LogP contribution in [0.1, 0.15) is 11.3 Å². The molecule has 2 N–H and O–H groups in total. The molecular weight excluding hydrogens is 221 g/mol. The first kappa shape index (κ1) is 11.5. The minimum absolute atomic E-state index is 0.220. The lowest BCUT2D eigenvalue weighted by Crippen LogP contribution is -2.03. The molecule has 1 heterocycles. The van der Waals surface area contributed by atoms with Gasteiger partial charge in [-0.05, 0) is 18.6 Å². The normalized spacial score (nSPS) is 10.3. The number of aryl methyl sites for hydroxylation is 1. The van der Waals surface area contributed by atoms with Gasteiger partial charge in [0.05, 0.1) is 0 Å². The van der Waals surface area contributed by atoms with Crippen LogP contribution in [0.25, 0.3) is 0 Å². The maximum absolute atomic E-state index is 13.3. The van der Waals surface area contributed by atoms with E-state index in [0.29, 0.717) is 22.9 Å². The highest BCUT2D eigenvalue weighted by Gasteiger charge is 2.07. The van der Waals surface area contributed by atoms with Gasteiger partial charge >= 0.3 is 0 Å². The van der Waals surface area contributed by atoms with Crippen molar-refractivity contribution in [2.24, 2.45) is 5.73 Å². The van der Waals surface area contributed by atoms with E-state index in [1.165, 1.54) is 18.5 Å². The number of hydrogen-bond donors (Lipinski definition) is 1. The Hall–Kier alpha value is -2.01. The number of nitrogens with zero attached hydrogens (tertiary/aromatic N) is 2. The van der Waals surface area contributed by atoms with Crippen LogP contribution in [0.5, 0.6) is 11.6 Å². The molecule has 1 aromatic heterocycles. The molecule has 0 amide bonds. The Balaban J connectivity index is 2.28. The molecule has 2 aromatic rings. The van der Waals surface area contributed by atoms with Crippen molar-refractivity contribution in [2.45, 2.75) is 13.5 Å². The maximum Gasteiger partial charge on any atom is 0.242 e. The SMILES string of the molecule is Cc1ccc(Oc2nccnc2CN)cc1F. The maximum atomic E-state index is 13.3. The minimum Gasteiger partial charge on any atom is -0.437 e. The molecule has 88 valence electrons. The number of halogens is 1. The molecule has 0 unspecified atom stereocenters. The Morgan fingerprint density at radius 2 is 2.06 bits per heavy atom. The van der Waals surface area contributed by atoms with Crippen LogP contribution >= 0.6 is 0 Å². The van der Waals surface area contributed by atoms with E-state index in [2.05, 4.69) is 9.97 Å². The van der Waals surface area contributed by atoms with Crippen molar-refractivity contribution < 1.29 is 9.13 Å². The van der Waals surface area contributed by atoms with Crippen molar-refractivity contribution in [1.82, 2.24) is 9.97 Å². The first-order valence-corrected chi connectivity index (χ1v) is 5.14. The van der Waals surface area contributed by atoms with Gasteiger partial charge in [0, 0.05) is 25.0 Å². The molecule has 0 spiro atoms. The quantitative estimate of drug-likeness (QED) is 0.882. The average Bonchev–Trinajstić information content (AvgIpc) is 2.34. The van der Waals surface area contributed by atoms with E-state index in [1.54, 1.807) is 19.1 Å². The fourth-order valence-electron chi connectivity index (χ4n) is 1.33. The first-order valence-electron chi connectivity index (χ1n) is 5.14. The van der Waals surface area contributed by atoms with Crippen LogP contribution in [-0.2, 0) is 6.54 Å². The van der Waals surface area contributed by atoms with Crippen LogP contribution in [0.15, 0.2) is 30.6 Å². The van der Waals surface area contributed by atoms with Crippen LogP contribution in [0.2, 0.25) is 0 Å². The summed E-state index contributed by atoms with van der Waals surface area (Å²) in [7, 11) is 0. The molecule has 2 rings (SSSR count). The lowest BCUT2D eigenvalue weighted by molar-refractivity contribution is 0.447. The molecule has 0 atom stereocenters. The van der Waals surface area contributed by atoms with E-state index in [9.17, 15) is 4.39 Å². The van der Waals surface area contributed by atoms with Gasteiger partial charge in [0.2, 0.25) is 5.88 Å². The van der Waals surface area contributed by atoms with Gasteiger partial charge in [-0.1, -0.05) is 6.07 Å². The van der Waals surface area contributed by atoms with Crippen molar-refractivity contribution in [3.8, 4) is 11.6 Å². The largest absolute Gasteiger partial charge is 0.437 e. The number of hydrogen-bond acceptors (Lipinski definition) is 4. The van der Waals surface area contributed by atoms with E-state index in [4.69, 9.17) is 10.5 Å². The first-order chi connectivity index (χ1) is 8.20. The van der Waals surface area contributed by atoms with Crippen molar-refractivity contribution in [2.75, 3.05) is 0 Å². The predicted octanol–water partition coefficient (Wildman–Crippen LogP) is 2.18. The van der Waals surface area contributed by atoms with Gasteiger partial charge in [-0.2, -0.15) is 0 Å². The van der Waals surface area contributed by atoms with Crippen LogP contribution < -0.4 is 10.5 Å². The third kappa shape index (κ3) is 2.57. The van der Waals surface area contributed by atoms with Crippen molar-refractivity contribution in [3.05, 3.63) is 47.7 Å². The highest BCUT2D eigenvalue weighted by Crippen LogP contribution is 2.23. The summed E-state index contributed by atoms with van der Waals surface area (Å²) in [4.78, 5) is 8.04. The molecule has 0 radical (unpaired) electrons. The Labute approximate surface area is 98.3 Å². The molecule has 0 aliphatic carbocycles. The molecule has 0 bridgehead atoms. The van der Waals surface area contributed by atoms with Gasteiger partial charge in [-0.15, -0.1) is 0 Å². The molecule has 0 saturated carbocycles. The van der Waals surface area contributed by atoms with Crippen molar-refractivity contribution in [3.63, 3.8) is 0 Å². The fourth-order valence-corrected chi connectivity index (χ4v) is 1.33. The summed E-state index contributed by atoms with van der Waals surface area (Å²) in [6.45, 7) is 1.91. The second kappa shape index (κ2) is 4.88. The Morgan fingerprint density at radius 3 is 2.76 bits per heavy atom. The third-order valence-corrected chi connectivity index (χ3v) is 2.29. The molecular formula is C12H12FN3O. The molecule has 0 aliphatic heterocycles. The summed E-state index contributed by atoms with van der Waals surface area (Å²) in [5.74, 6) is 0.363. The van der Waals surface area contributed by atoms with Crippen LogP contribution in [0, 0.1) is 12.7 Å². The number of rotatable bonds is 3. The molecule has 0 fully saturated rings. The van der Waals surface area contributed by atoms with Crippen molar-refractivity contribution >= 4 is 0 Å². The average molecular weight is 233 g/mol. The lowest BCUT2D eigenvalue weighted by atomic mass is 10.2. The monoisotopic (exact) mass is 233 g/mol. The van der Waals surface area contributed by atoms with E-state index in [-0.39, 0.29) is 12.4 Å². The van der Waals surface area contributed by atoms with Gasteiger partial charge in [-0.3, -0.25) is 4.98 Å². The summed E-state index contributed by atoms with van der Waals surface area (Å²) >= 11 is 0. The number of ether oxygens (including phenoxy) is 1. The van der Waals surface area contributed by atoms with Gasteiger partial charge in [0.25, 0.3) is 0 Å². The number of benzene rings is 1. The van der Waals surface area contributed by atoms with E-state index in [1.807, 2.05) is 0 Å². The summed E-state index contributed by atoms with van der Waals surface area (Å²) in [6.07, 6.45) is 3.03. The van der Waals surface area contributed by atoms with Gasteiger partial charge < -0.3 is 10.5 Å². The van der Waals surface area contributed by atoms with E-state index < -0.39 is 0 Å². The number of nitrogens with two attached hydrogens (primary N) is 1. The second-order valence-electron chi connectivity index (χ2n) is 3.53. The molecule has 4 nitrogen and oxygen atoms in total. The number of aromatic nitrogens is 2. The summed E-state index contributed by atoms with van der Waals surface area (Å²) in [6, 6.07) is 4.63. The Morgan fingerprint density at radius 1 is 1.29 bits per heavy atom. The third-order valence-electron chi connectivity index (χ3n) is 2.29. The summed E-state index contributed by atoms with van der Waals surface area (Å²) < 4.78 is 18.8.